The van der Waals surface area contributed by atoms with Gasteiger partial charge in [-0.15, -0.1) is 0 Å². The van der Waals surface area contributed by atoms with Crippen LogP contribution >= 0.6 is 0 Å². The highest BCUT2D eigenvalue weighted by Crippen LogP contribution is 2.24. The number of rotatable bonds is 11. The summed E-state index contributed by atoms with van der Waals surface area (Å²) in [4.78, 5) is 36.0. The van der Waals surface area contributed by atoms with E-state index < -0.39 is 30.1 Å². The lowest BCUT2D eigenvalue weighted by atomic mass is 10.0. The zero-order valence-electron chi connectivity index (χ0n) is 15.4. The molecule has 0 aromatic heterocycles. The van der Waals surface area contributed by atoms with Gasteiger partial charge in [-0.2, -0.15) is 0 Å². The Bertz CT molecular complexity index is 468. The Morgan fingerprint density at radius 2 is 1.88 bits per heavy atom. The molecular formula is C17H30N2O6. The second-order valence-corrected chi connectivity index (χ2v) is 6.79. The van der Waals surface area contributed by atoms with Gasteiger partial charge < -0.3 is 25.2 Å². The summed E-state index contributed by atoms with van der Waals surface area (Å²) in [6.07, 6.45) is -0.644. The standard InChI is InChI=1S/C17H30N2O6/c1-5-24-17(23)14-13(25-14)16(22)19-12(8-10(2)3)15(21)18-7-6-11(4)9-20/h10-14,20H,5-9H2,1-4H3,(H,18,21)(H,19,22). The van der Waals surface area contributed by atoms with Crippen molar-refractivity contribution in [1.29, 1.82) is 0 Å². The molecule has 0 radical (unpaired) electrons. The molecule has 0 saturated carbocycles. The van der Waals surface area contributed by atoms with Crippen molar-refractivity contribution in [1.82, 2.24) is 10.6 Å². The van der Waals surface area contributed by atoms with E-state index >= 15 is 0 Å². The van der Waals surface area contributed by atoms with E-state index in [0.29, 0.717) is 19.4 Å². The van der Waals surface area contributed by atoms with Crippen LogP contribution in [0.2, 0.25) is 0 Å². The first-order valence-electron chi connectivity index (χ1n) is 8.81. The number of aliphatic hydroxyl groups excluding tert-OH is 1. The van der Waals surface area contributed by atoms with Gasteiger partial charge in [-0.3, -0.25) is 9.59 Å². The van der Waals surface area contributed by atoms with E-state index in [0.717, 1.165) is 0 Å². The zero-order valence-corrected chi connectivity index (χ0v) is 15.4. The third-order valence-electron chi connectivity index (χ3n) is 3.86. The maximum absolute atomic E-state index is 12.3. The third-order valence-corrected chi connectivity index (χ3v) is 3.86. The SMILES string of the molecule is CCOC(=O)C1OC1C(=O)NC(CC(C)C)C(=O)NCCC(C)CO. The van der Waals surface area contributed by atoms with E-state index in [1.165, 1.54) is 0 Å². The lowest BCUT2D eigenvalue weighted by Crippen LogP contribution is -2.49. The summed E-state index contributed by atoms with van der Waals surface area (Å²) >= 11 is 0. The Morgan fingerprint density at radius 1 is 1.20 bits per heavy atom. The molecule has 3 N–H and O–H groups in total. The minimum absolute atomic E-state index is 0.0658. The average Bonchev–Trinajstić information content (AvgIpc) is 3.34. The molecule has 1 aliphatic heterocycles. The van der Waals surface area contributed by atoms with Crippen molar-refractivity contribution in [2.45, 2.75) is 58.8 Å². The number of ether oxygens (including phenoxy) is 2. The fourth-order valence-electron chi connectivity index (χ4n) is 2.33. The number of hydrogen-bond acceptors (Lipinski definition) is 6. The topological polar surface area (TPSA) is 117 Å². The van der Waals surface area contributed by atoms with Gasteiger partial charge >= 0.3 is 5.97 Å². The fourth-order valence-corrected chi connectivity index (χ4v) is 2.33. The van der Waals surface area contributed by atoms with Crippen LogP contribution in [0.4, 0.5) is 0 Å². The monoisotopic (exact) mass is 358 g/mol. The fraction of sp³-hybridized carbons (Fsp3) is 0.824. The van der Waals surface area contributed by atoms with Crippen LogP contribution in [0.25, 0.3) is 0 Å². The van der Waals surface area contributed by atoms with Gasteiger partial charge in [0.15, 0.2) is 12.2 Å². The van der Waals surface area contributed by atoms with E-state index in [-0.39, 0.29) is 31.0 Å². The summed E-state index contributed by atoms with van der Waals surface area (Å²) in [7, 11) is 0. The van der Waals surface area contributed by atoms with Crippen LogP contribution in [0.5, 0.6) is 0 Å². The molecule has 0 aromatic carbocycles. The van der Waals surface area contributed by atoms with E-state index in [4.69, 9.17) is 14.6 Å². The van der Waals surface area contributed by atoms with E-state index in [2.05, 4.69) is 10.6 Å². The molecular weight excluding hydrogens is 328 g/mol. The zero-order chi connectivity index (χ0) is 19.0. The van der Waals surface area contributed by atoms with Crippen LogP contribution in [-0.2, 0) is 23.9 Å². The summed E-state index contributed by atoms with van der Waals surface area (Å²) in [5.74, 6) is -1.02. The normalized spacial score (nSPS) is 21.4. The smallest absolute Gasteiger partial charge is 0.338 e. The number of amides is 2. The number of carbonyl (C=O) groups is 3. The van der Waals surface area contributed by atoms with Crippen LogP contribution in [-0.4, -0.2) is 60.9 Å². The van der Waals surface area contributed by atoms with Crippen molar-refractivity contribution < 1.29 is 29.0 Å². The molecule has 2 amide bonds. The summed E-state index contributed by atoms with van der Waals surface area (Å²) < 4.78 is 9.87. The molecule has 0 aromatic rings. The number of nitrogens with one attached hydrogen (secondary N) is 2. The number of carbonyl (C=O) groups excluding carboxylic acids is 3. The first kappa shape index (κ1) is 21.4. The maximum Gasteiger partial charge on any atom is 0.338 e. The van der Waals surface area contributed by atoms with Gasteiger partial charge in [0.25, 0.3) is 5.91 Å². The molecule has 1 saturated heterocycles. The highest BCUT2D eigenvalue weighted by Gasteiger charge is 2.52. The Hall–Kier alpha value is -1.67. The second kappa shape index (κ2) is 10.4. The number of epoxide rings is 1. The van der Waals surface area contributed by atoms with Gasteiger partial charge in [-0.1, -0.05) is 20.8 Å². The summed E-state index contributed by atoms with van der Waals surface area (Å²) in [5, 5.41) is 14.4. The largest absolute Gasteiger partial charge is 0.464 e. The summed E-state index contributed by atoms with van der Waals surface area (Å²) in [6, 6.07) is -0.691. The summed E-state index contributed by atoms with van der Waals surface area (Å²) in [6.45, 7) is 8.19. The van der Waals surface area contributed by atoms with Gasteiger partial charge in [0.1, 0.15) is 6.04 Å². The third kappa shape index (κ3) is 7.39. The Balaban J connectivity index is 2.51. The van der Waals surface area contributed by atoms with Crippen LogP contribution in [0.1, 0.15) is 40.5 Å². The Kier molecular flexibility index (Phi) is 8.85. The van der Waals surface area contributed by atoms with Crippen LogP contribution in [0, 0.1) is 11.8 Å². The van der Waals surface area contributed by atoms with E-state index in [1.54, 1.807) is 6.92 Å². The quantitative estimate of drug-likeness (QED) is 0.353. The molecule has 0 bridgehead atoms. The van der Waals surface area contributed by atoms with Gasteiger partial charge in [0.05, 0.1) is 6.61 Å². The molecule has 1 aliphatic rings. The molecule has 4 unspecified atom stereocenters. The molecule has 8 nitrogen and oxygen atoms in total. The highest BCUT2D eigenvalue weighted by molar-refractivity contribution is 5.95. The number of esters is 1. The number of aliphatic hydroxyl groups is 1. The van der Waals surface area contributed by atoms with Crippen molar-refractivity contribution in [3.05, 3.63) is 0 Å². The van der Waals surface area contributed by atoms with Crippen molar-refractivity contribution in [3.63, 3.8) is 0 Å². The second-order valence-electron chi connectivity index (χ2n) is 6.79. The molecule has 1 rings (SSSR count). The van der Waals surface area contributed by atoms with Crippen molar-refractivity contribution in [2.24, 2.45) is 11.8 Å². The molecule has 8 heteroatoms. The van der Waals surface area contributed by atoms with Crippen molar-refractivity contribution in [2.75, 3.05) is 19.8 Å². The lowest BCUT2D eigenvalue weighted by molar-refractivity contribution is -0.144. The van der Waals surface area contributed by atoms with Gasteiger partial charge in [0, 0.05) is 13.2 Å². The van der Waals surface area contributed by atoms with Gasteiger partial charge in [0.2, 0.25) is 5.91 Å². The van der Waals surface area contributed by atoms with E-state index in [9.17, 15) is 14.4 Å². The Labute approximate surface area is 148 Å². The molecule has 0 aliphatic carbocycles. The van der Waals surface area contributed by atoms with E-state index in [1.807, 2.05) is 20.8 Å². The predicted octanol–water partition coefficient (Wildman–Crippen LogP) is -0.0175. The van der Waals surface area contributed by atoms with Crippen molar-refractivity contribution in [3.8, 4) is 0 Å². The molecule has 1 fully saturated rings. The lowest BCUT2D eigenvalue weighted by Gasteiger charge is -2.20. The van der Waals surface area contributed by atoms with Crippen molar-refractivity contribution >= 4 is 17.8 Å². The molecule has 0 spiro atoms. The molecule has 1 heterocycles. The summed E-state index contributed by atoms with van der Waals surface area (Å²) in [5.41, 5.74) is 0. The van der Waals surface area contributed by atoms with Gasteiger partial charge in [-0.05, 0) is 31.6 Å². The van der Waals surface area contributed by atoms with Crippen LogP contribution in [0.15, 0.2) is 0 Å². The Morgan fingerprint density at radius 3 is 2.44 bits per heavy atom. The highest BCUT2D eigenvalue weighted by atomic mass is 16.6. The predicted molar refractivity (Wildman–Crippen MR) is 90.6 cm³/mol. The van der Waals surface area contributed by atoms with Gasteiger partial charge in [-0.25, -0.2) is 4.79 Å². The van der Waals surface area contributed by atoms with Crippen LogP contribution < -0.4 is 10.6 Å². The molecule has 25 heavy (non-hydrogen) atoms. The minimum Gasteiger partial charge on any atom is -0.464 e. The molecule has 144 valence electrons. The molecule has 4 atom stereocenters. The minimum atomic E-state index is -0.893. The first-order chi connectivity index (χ1) is 11.8. The number of hydrogen-bond donors (Lipinski definition) is 3. The average molecular weight is 358 g/mol. The van der Waals surface area contributed by atoms with Crippen LogP contribution in [0.3, 0.4) is 0 Å². The maximum atomic E-state index is 12.3. The first-order valence-corrected chi connectivity index (χ1v) is 8.81.